The molecular weight excluding hydrogens is 262 g/mol. The molecule has 1 aromatic carbocycles. The molecule has 0 radical (unpaired) electrons. The molecule has 0 saturated carbocycles. The summed E-state index contributed by atoms with van der Waals surface area (Å²) in [6.07, 6.45) is 3.44. The van der Waals surface area contributed by atoms with Crippen LogP contribution in [0.5, 0.6) is 5.75 Å². The molecule has 0 saturated heterocycles. The van der Waals surface area contributed by atoms with Crippen molar-refractivity contribution in [1.29, 1.82) is 0 Å². The zero-order valence-corrected chi connectivity index (χ0v) is 11.4. The van der Waals surface area contributed by atoms with Crippen LogP contribution >= 0.6 is 11.9 Å². The molecule has 98 valence electrons. The van der Waals surface area contributed by atoms with Crippen LogP contribution in [0, 0.1) is 0 Å². The number of methoxy groups -OCH3 is 1. The molecule has 1 N–H and O–H groups in total. The molecule has 0 aliphatic carbocycles. The normalized spacial score (nSPS) is 10.0. The monoisotopic (exact) mass is 275 g/mol. The summed E-state index contributed by atoms with van der Waals surface area (Å²) in [6, 6.07) is 7.65. The number of carbonyl (C=O) groups excluding carboxylic acids is 1. The van der Waals surface area contributed by atoms with Crippen molar-refractivity contribution in [1.82, 2.24) is 14.7 Å². The van der Waals surface area contributed by atoms with Gasteiger partial charge in [-0.2, -0.15) is 0 Å². The Morgan fingerprint density at radius 3 is 2.32 bits per heavy atom. The van der Waals surface area contributed by atoms with E-state index in [0.29, 0.717) is 5.16 Å². The highest BCUT2D eigenvalue weighted by Gasteiger charge is 2.02. The Hall–Kier alpha value is -2.08. The topological polar surface area (TPSA) is 64.1 Å². The van der Waals surface area contributed by atoms with Crippen LogP contribution in [-0.2, 0) is 4.79 Å². The summed E-state index contributed by atoms with van der Waals surface area (Å²) in [5, 5.41) is 0.507. The van der Waals surface area contributed by atoms with Crippen molar-refractivity contribution in [3.63, 3.8) is 0 Å². The second kappa shape index (κ2) is 6.19. The Kier molecular flexibility index (Phi) is 4.35. The number of nitrogens with one attached hydrogen (secondary N) is 1. The molecule has 1 amide bonds. The lowest BCUT2D eigenvalue weighted by Crippen LogP contribution is -2.10. The largest absolute Gasteiger partial charge is 0.497 e. The Balaban J connectivity index is 2.10. The van der Waals surface area contributed by atoms with Crippen LogP contribution in [0.2, 0.25) is 0 Å². The zero-order chi connectivity index (χ0) is 13.7. The van der Waals surface area contributed by atoms with Gasteiger partial charge in [0.15, 0.2) is 0 Å². The third-order valence-electron chi connectivity index (χ3n) is 2.34. The molecule has 19 heavy (non-hydrogen) atoms. The molecule has 1 aromatic heterocycles. The van der Waals surface area contributed by atoms with E-state index in [4.69, 9.17) is 4.74 Å². The van der Waals surface area contributed by atoms with E-state index < -0.39 is 0 Å². The molecule has 0 fully saturated rings. The highest BCUT2D eigenvalue weighted by Crippen LogP contribution is 2.21. The van der Waals surface area contributed by atoms with Crippen molar-refractivity contribution in [2.24, 2.45) is 0 Å². The van der Waals surface area contributed by atoms with E-state index in [-0.39, 0.29) is 5.91 Å². The van der Waals surface area contributed by atoms with Crippen molar-refractivity contribution in [3.05, 3.63) is 36.7 Å². The first-order valence-corrected chi connectivity index (χ1v) is 6.40. The van der Waals surface area contributed by atoms with Crippen LogP contribution in [0.1, 0.15) is 6.92 Å². The van der Waals surface area contributed by atoms with E-state index in [2.05, 4.69) is 14.7 Å². The van der Waals surface area contributed by atoms with Crippen LogP contribution in [0.25, 0.3) is 11.1 Å². The van der Waals surface area contributed by atoms with Gasteiger partial charge in [0.05, 0.1) is 7.11 Å². The van der Waals surface area contributed by atoms with Crippen LogP contribution in [-0.4, -0.2) is 23.0 Å². The fraction of sp³-hybridized carbons (Fsp3) is 0.154. The number of hydrogen-bond donors (Lipinski definition) is 1. The summed E-state index contributed by atoms with van der Waals surface area (Å²) in [7, 11) is 1.63. The lowest BCUT2D eigenvalue weighted by Gasteiger charge is -2.04. The number of aromatic nitrogens is 2. The molecule has 2 aromatic rings. The van der Waals surface area contributed by atoms with E-state index in [1.54, 1.807) is 19.5 Å². The average molecular weight is 275 g/mol. The lowest BCUT2D eigenvalue weighted by atomic mass is 10.1. The van der Waals surface area contributed by atoms with Gasteiger partial charge in [-0.25, -0.2) is 9.97 Å². The van der Waals surface area contributed by atoms with E-state index in [1.807, 2.05) is 24.3 Å². The first-order chi connectivity index (χ1) is 9.19. The van der Waals surface area contributed by atoms with Gasteiger partial charge in [0.25, 0.3) is 0 Å². The smallest absolute Gasteiger partial charge is 0.227 e. The molecular formula is C13H13N3O2S. The fourth-order valence-corrected chi connectivity index (χ4v) is 1.86. The van der Waals surface area contributed by atoms with Crippen molar-refractivity contribution in [2.45, 2.75) is 12.1 Å². The number of benzene rings is 1. The third kappa shape index (κ3) is 3.69. The predicted octanol–water partition coefficient (Wildman–Crippen LogP) is 2.30. The molecule has 0 aliphatic heterocycles. The lowest BCUT2D eigenvalue weighted by molar-refractivity contribution is -0.117. The Morgan fingerprint density at radius 2 is 1.79 bits per heavy atom. The van der Waals surface area contributed by atoms with Gasteiger partial charge in [-0.05, 0) is 17.7 Å². The molecule has 0 unspecified atom stereocenters. The van der Waals surface area contributed by atoms with Crippen LogP contribution in [0.4, 0.5) is 0 Å². The molecule has 2 rings (SSSR count). The number of rotatable bonds is 4. The van der Waals surface area contributed by atoms with Crippen molar-refractivity contribution in [2.75, 3.05) is 7.11 Å². The molecule has 1 heterocycles. The second-order valence-electron chi connectivity index (χ2n) is 3.74. The van der Waals surface area contributed by atoms with Gasteiger partial charge in [-0.3, -0.25) is 9.52 Å². The molecule has 0 atom stereocenters. The number of amides is 1. The number of carbonyl (C=O) groups is 1. The Labute approximate surface area is 115 Å². The van der Waals surface area contributed by atoms with Crippen molar-refractivity contribution >= 4 is 17.9 Å². The maximum Gasteiger partial charge on any atom is 0.227 e. The first-order valence-electron chi connectivity index (χ1n) is 5.59. The SMILES string of the molecule is COc1ccc(-c2cnc(SNC(C)=O)nc2)cc1. The number of hydrogen-bond acceptors (Lipinski definition) is 5. The summed E-state index contributed by atoms with van der Waals surface area (Å²) >= 11 is 1.10. The highest BCUT2D eigenvalue weighted by atomic mass is 32.2. The summed E-state index contributed by atoms with van der Waals surface area (Å²) < 4.78 is 7.68. The van der Waals surface area contributed by atoms with Crippen LogP contribution in [0.3, 0.4) is 0 Å². The average Bonchev–Trinajstić information content (AvgIpc) is 2.46. The van der Waals surface area contributed by atoms with Gasteiger partial charge in [0, 0.05) is 36.8 Å². The molecule has 0 spiro atoms. The van der Waals surface area contributed by atoms with E-state index in [0.717, 1.165) is 28.8 Å². The quantitative estimate of drug-likeness (QED) is 0.685. The molecule has 6 heteroatoms. The first kappa shape index (κ1) is 13.4. The number of ether oxygens (including phenoxy) is 1. The van der Waals surface area contributed by atoms with Gasteiger partial charge in [0.2, 0.25) is 11.1 Å². The minimum absolute atomic E-state index is 0.132. The van der Waals surface area contributed by atoms with Crippen LogP contribution < -0.4 is 9.46 Å². The van der Waals surface area contributed by atoms with Crippen molar-refractivity contribution in [3.8, 4) is 16.9 Å². The summed E-state index contributed by atoms with van der Waals surface area (Å²) in [5.41, 5.74) is 1.92. The summed E-state index contributed by atoms with van der Waals surface area (Å²) in [4.78, 5) is 19.1. The fourth-order valence-electron chi connectivity index (χ4n) is 1.42. The zero-order valence-electron chi connectivity index (χ0n) is 10.6. The Morgan fingerprint density at radius 1 is 1.16 bits per heavy atom. The Bertz CT molecular complexity index is 555. The van der Waals surface area contributed by atoms with E-state index in [9.17, 15) is 4.79 Å². The van der Waals surface area contributed by atoms with E-state index in [1.165, 1.54) is 6.92 Å². The summed E-state index contributed by atoms with van der Waals surface area (Å²) in [6.45, 7) is 1.44. The molecule has 5 nitrogen and oxygen atoms in total. The maximum atomic E-state index is 10.8. The second-order valence-corrected chi connectivity index (χ2v) is 4.52. The highest BCUT2D eigenvalue weighted by molar-refractivity contribution is 7.97. The maximum absolute atomic E-state index is 10.8. The van der Waals surface area contributed by atoms with Gasteiger partial charge in [-0.1, -0.05) is 12.1 Å². The van der Waals surface area contributed by atoms with Gasteiger partial charge < -0.3 is 4.74 Å². The summed E-state index contributed by atoms with van der Waals surface area (Å²) in [5.74, 6) is 0.676. The van der Waals surface area contributed by atoms with Gasteiger partial charge in [0.1, 0.15) is 5.75 Å². The minimum Gasteiger partial charge on any atom is -0.497 e. The number of nitrogens with zero attached hydrogens (tertiary/aromatic N) is 2. The standard InChI is InChI=1S/C13H13N3O2S/c1-9(17)16-19-13-14-7-11(8-15-13)10-3-5-12(18-2)6-4-10/h3-8H,1-2H3,(H,16,17). The molecule has 0 bridgehead atoms. The predicted molar refractivity (Wildman–Crippen MR) is 73.7 cm³/mol. The van der Waals surface area contributed by atoms with Gasteiger partial charge in [-0.15, -0.1) is 0 Å². The molecule has 0 aliphatic rings. The van der Waals surface area contributed by atoms with Crippen LogP contribution in [0.15, 0.2) is 41.8 Å². The third-order valence-corrected chi connectivity index (χ3v) is 3.12. The van der Waals surface area contributed by atoms with Crippen molar-refractivity contribution < 1.29 is 9.53 Å². The van der Waals surface area contributed by atoms with E-state index >= 15 is 0 Å². The minimum atomic E-state index is -0.132. The van der Waals surface area contributed by atoms with Gasteiger partial charge >= 0.3 is 0 Å².